The molecule has 0 saturated carbocycles. The van der Waals surface area contributed by atoms with Gasteiger partial charge in [0.05, 0.1) is 17.1 Å². The molecule has 3 N–H and O–H groups in total. The van der Waals surface area contributed by atoms with Crippen LogP contribution in [0.5, 0.6) is 0 Å². The predicted octanol–water partition coefficient (Wildman–Crippen LogP) is 4.59. The van der Waals surface area contributed by atoms with Crippen molar-refractivity contribution in [3.63, 3.8) is 0 Å². The molecule has 0 aliphatic heterocycles. The van der Waals surface area contributed by atoms with E-state index in [1.54, 1.807) is 24.3 Å². The van der Waals surface area contributed by atoms with Crippen LogP contribution < -0.4 is 29.6 Å². The molecule has 2 atom stereocenters. The monoisotopic (exact) mass is 820 g/mol. The van der Waals surface area contributed by atoms with Crippen molar-refractivity contribution in [2.45, 2.75) is 50.0 Å². The molecule has 0 amide bonds. The number of carbonyl (C=O) groups excluding carboxylic acids is 3. The van der Waals surface area contributed by atoms with Gasteiger partial charge in [-0.3, -0.25) is 24.2 Å². The third-order valence-corrected chi connectivity index (χ3v) is 9.33. The summed E-state index contributed by atoms with van der Waals surface area (Å²) in [6, 6.07) is 24.8. The number of halogens is 3. The van der Waals surface area contributed by atoms with Gasteiger partial charge < -0.3 is 15.7 Å². The van der Waals surface area contributed by atoms with Crippen LogP contribution in [0, 0.1) is 11.6 Å². The molecule has 0 saturated heterocycles. The zero-order valence-corrected chi connectivity index (χ0v) is 35.4. The largest absolute Gasteiger partial charge is 1.00 e. The average molecular weight is 822 g/mol. The van der Waals surface area contributed by atoms with Gasteiger partial charge in [0.25, 0.3) is 0 Å². The Balaban J connectivity index is 0.000000830. The number of rotatable bonds is 14. The Morgan fingerprint density at radius 3 is 1.50 bits per heavy atom. The van der Waals surface area contributed by atoms with E-state index in [1.165, 1.54) is 60.7 Å². The number of carboxylic acid groups (broad SMARTS) is 1. The molecular weight excluding hydrogens is 773 g/mol. The minimum absolute atomic E-state index is 0. The summed E-state index contributed by atoms with van der Waals surface area (Å²) in [4.78, 5) is 50.8. The molecule has 0 radical (unpaired) electrons. The van der Waals surface area contributed by atoms with Crippen LogP contribution in [0.25, 0.3) is 0 Å². The molecule has 0 fully saturated rings. The maximum absolute atomic E-state index is 13.2. The Morgan fingerprint density at radius 2 is 1.13 bits per heavy atom. The maximum Gasteiger partial charge on any atom is 1.00 e. The molecule has 9 nitrogen and oxygen atoms in total. The summed E-state index contributed by atoms with van der Waals surface area (Å²) in [6.45, 7) is 3.48. The second-order valence-electron chi connectivity index (χ2n) is 12.5. The Bertz CT molecular complexity index is 1760. The molecule has 0 spiro atoms. The van der Waals surface area contributed by atoms with E-state index >= 15 is 0 Å². The third-order valence-electron chi connectivity index (χ3n) is 8.68. The molecule has 4 rings (SSSR count). The van der Waals surface area contributed by atoms with Crippen molar-refractivity contribution < 1.29 is 73.2 Å². The number of hydrogen-bond donors (Lipinski definition) is 2. The number of aromatic carboxylic acids is 1. The fraction of sp³-hybridized carbons (Fsp3) is 0.317. The molecule has 4 aromatic rings. The normalized spacial score (nSPS) is 12.0. The summed E-state index contributed by atoms with van der Waals surface area (Å²) in [6.07, 6.45) is 1.76. The Labute approximate surface area is 347 Å². The van der Waals surface area contributed by atoms with Gasteiger partial charge in [-0.2, -0.15) is 0 Å². The summed E-state index contributed by atoms with van der Waals surface area (Å²) in [5.74, 6) is -1.96. The van der Waals surface area contributed by atoms with Crippen LogP contribution in [0.15, 0.2) is 97.1 Å². The number of aliphatic hydroxyl groups excluding tert-OH is 1. The molecule has 54 heavy (non-hydrogen) atoms. The number of nitrogens with zero attached hydrogens (tertiary/aromatic N) is 2. The number of carboxylic acids is 1. The Kier molecular flexibility index (Phi) is 23.3. The number of hydrogen-bond acceptors (Lipinski definition) is 8. The van der Waals surface area contributed by atoms with Gasteiger partial charge in [-0.25, -0.2) is 13.6 Å². The molecule has 286 valence electrons. The zero-order valence-electron chi connectivity index (χ0n) is 31.9. The van der Waals surface area contributed by atoms with E-state index in [9.17, 15) is 28.0 Å². The van der Waals surface area contributed by atoms with Crippen molar-refractivity contribution >= 4 is 39.2 Å². The first kappa shape index (κ1) is 50.5. The molecule has 0 aliphatic rings. The van der Waals surface area contributed by atoms with Crippen molar-refractivity contribution in [1.82, 2.24) is 9.80 Å². The average Bonchev–Trinajstić information content (AvgIpc) is 3.14. The third kappa shape index (κ3) is 14.6. The molecule has 13 heteroatoms. The minimum Gasteiger partial charge on any atom is -0.870 e. The second-order valence-corrected chi connectivity index (χ2v) is 13.0. The molecule has 0 aliphatic carbocycles. The predicted molar refractivity (Wildman–Crippen MR) is 205 cm³/mol. The number of aliphatic hydroxyl groups is 1. The van der Waals surface area contributed by atoms with Gasteiger partial charge in [0.1, 0.15) is 18.2 Å². The summed E-state index contributed by atoms with van der Waals surface area (Å²) < 4.78 is 25.8. The van der Waals surface area contributed by atoms with Crippen LogP contribution in [0.1, 0.15) is 79.2 Å². The van der Waals surface area contributed by atoms with E-state index in [0.717, 1.165) is 22.9 Å². The van der Waals surface area contributed by atoms with Gasteiger partial charge in [0.2, 0.25) is 0 Å². The van der Waals surface area contributed by atoms with Crippen molar-refractivity contribution in [2.24, 2.45) is 0 Å². The summed E-state index contributed by atoms with van der Waals surface area (Å²) in [5, 5.41) is 18.3. The number of carbonyl (C=O) groups is 4. The van der Waals surface area contributed by atoms with Gasteiger partial charge in [-0.1, -0.05) is 66.2 Å². The van der Waals surface area contributed by atoms with Crippen LogP contribution in [0.3, 0.4) is 0 Å². The number of alkyl halides is 1. The van der Waals surface area contributed by atoms with Gasteiger partial charge in [0, 0.05) is 22.0 Å². The standard InChI is InChI=1S/C20H22FNO3.C12H16FNO.C9H9BrO2.Na.H2O/c1-4-20(22(2)3,18(23)15-9-11-17(21)12-10-15)13-14-5-7-16(8-6-14)19(24)25;1-4-11(14(2)3)12(15)9-5-7-10(13)8-6-9;10-5-7-1-3-8(4-2-7)9(12)6-11;;/h5-12H,4,13H2,1-3H3,(H,24,25);5-8,11H,4H2,1-3H3;1-4,11H,5-6H2;;1H2/q;;;+1;/p-1. The molecule has 2 unspecified atom stereocenters. The van der Waals surface area contributed by atoms with Gasteiger partial charge in [-0.15, -0.1) is 0 Å². The molecule has 0 heterocycles. The molecule has 0 bridgehead atoms. The number of likely N-dealkylation sites (N-methyl/N-ethyl adjacent to an activating group) is 2. The van der Waals surface area contributed by atoms with Crippen LogP contribution >= 0.6 is 15.9 Å². The van der Waals surface area contributed by atoms with E-state index in [4.69, 9.17) is 10.2 Å². The minimum atomic E-state index is -0.983. The van der Waals surface area contributed by atoms with E-state index in [2.05, 4.69) is 15.9 Å². The Morgan fingerprint density at radius 1 is 0.704 bits per heavy atom. The number of benzene rings is 4. The fourth-order valence-electron chi connectivity index (χ4n) is 5.48. The second kappa shape index (κ2) is 24.8. The van der Waals surface area contributed by atoms with Crippen LogP contribution in [-0.4, -0.2) is 95.2 Å². The van der Waals surface area contributed by atoms with Gasteiger partial charge in [-0.05, 0) is 119 Å². The van der Waals surface area contributed by atoms with E-state index in [0.29, 0.717) is 29.5 Å². The Hall–Kier alpha value is -3.46. The number of ketones is 3. The molecular formula is C41H48BrF2N2NaO7. The SMILES string of the molecule is CCC(C(=O)c1ccc(F)cc1)N(C)C.CCC(Cc1ccc(C(=O)O)cc1)(C(=O)c1ccc(F)cc1)N(C)C.O=C(CO)c1ccc(CBr)cc1.[Na+].[OH-]. The first-order chi connectivity index (χ1) is 24.6. The van der Waals surface area contributed by atoms with Gasteiger partial charge >= 0.3 is 35.5 Å². The smallest absolute Gasteiger partial charge is 0.870 e. The summed E-state index contributed by atoms with van der Waals surface area (Å²) >= 11 is 3.30. The van der Waals surface area contributed by atoms with Crippen LogP contribution in [0.2, 0.25) is 0 Å². The first-order valence-electron chi connectivity index (χ1n) is 16.7. The van der Waals surface area contributed by atoms with Crippen molar-refractivity contribution in [2.75, 3.05) is 34.8 Å². The van der Waals surface area contributed by atoms with Crippen molar-refractivity contribution in [1.29, 1.82) is 0 Å². The summed E-state index contributed by atoms with van der Waals surface area (Å²) in [5.41, 5.74) is 2.99. The topological polar surface area (TPSA) is 145 Å². The van der Waals surface area contributed by atoms with Crippen LogP contribution in [0.4, 0.5) is 8.78 Å². The van der Waals surface area contributed by atoms with Crippen molar-refractivity contribution in [3.05, 3.63) is 142 Å². The van der Waals surface area contributed by atoms with E-state index in [-0.39, 0.29) is 75.6 Å². The first-order valence-corrected chi connectivity index (χ1v) is 17.8. The molecule has 4 aromatic carbocycles. The van der Waals surface area contributed by atoms with E-state index in [1.807, 2.05) is 64.0 Å². The van der Waals surface area contributed by atoms with Gasteiger partial charge in [0.15, 0.2) is 17.3 Å². The molecule has 0 aromatic heterocycles. The maximum atomic E-state index is 13.2. The van der Waals surface area contributed by atoms with Crippen molar-refractivity contribution in [3.8, 4) is 0 Å². The quantitative estimate of drug-likeness (QED) is 0.106. The fourth-order valence-corrected chi connectivity index (χ4v) is 5.85. The summed E-state index contributed by atoms with van der Waals surface area (Å²) in [7, 11) is 7.43. The zero-order chi connectivity index (χ0) is 39.0. The number of Topliss-reactive ketones (excluding diaryl/α,β-unsaturated/α-hetero) is 3. The van der Waals surface area contributed by atoms with Crippen LogP contribution in [-0.2, 0) is 11.8 Å². The van der Waals surface area contributed by atoms with E-state index < -0.39 is 18.1 Å².